The third-order valence-corrected chi connectivity index (χ3v) is 3.20. The average Bonchev–Trinajstić information content (AvgIpc) is 2.74. The summed E-state index contributed by atoms with van der Waals surface area (Å²) in [5.74, 6) is 0.603. The number of H-pyrrole nitrogens is 1. The zero-order valence-corrected chi connectivity index (χ0v) is 11.1. The summed E-state index contributed by atoms with van der Waals surface area (Å²) in [6.07, 6.45) is 2.53. The first-order valence-corrected chi connectivity index (χ1v) is 5.59. The number of aromatic nitrogens is 2. The predicted octanol–water partition coefficient (Wildman–Crippen LogP) is 2.87. The highest BCUT2D eigenvalue weighted by molar-refractivity contribution is 5.85. The van der Waals surface area contributed by atoms with Gasteiger partial charge in [-0.1, -0.05) is 18.2 Å². The molecule has 3 nitrogen and oxygen atoms in total. The van der Waals surface area contributed by atoms with Gasteiger partial charge in [-0.3, -0.25) is 5.10 Å². The Morgan fingerprint density at radius 2 is 2.00 bits per heavy atom. The standard InChI is InChI=1S/C12H15N3.2ClH/c1-2-6-11-10(5-1)12(15-14-11)9-4-3-7-13-8-9;;/h1-2,5-6,9,13H,3-4,7-8H2,(H,14,15);2*1H. The van der Waals surface area contributed by atoms with Crippen molar-refractivity contribution in [2.45, 2.75) is 18.8 Å². The number of hydrogen-bond donors (Lipinski definition) is 2. The van der Waals surface area contributed by atoms with Gasteiger partial charge in [0.1, 0.15) is 0 Å². The summed E-state index contributed by atoms with van der Waals surface area (Å²) in [5, 5.41) is 12.3. The van der Waals surface area contributed by atoms with Gasteiger partial charge in [-0.15, -0.1) is 24.8 Å². The molecule has 1 aromatic heterocycles. The van der Waals surface area contributed by atoms with E-state index in [0.717, 1.165) is 18.6 Å². The summed E-state index contributed by atoms with van der Waals surface area (Å²) in [6, 6.07) is 8.33. The molecule has 94 valence electrons. The lowest BCUT2D eigenvalue weighted by Crippen LogP contribution is -2.28. The Hall–Kier alpha value is -0.770. The van der Waals surface area contributed by atoms with Crippen LogP contribution in [0.1, 0.15) is 24.5 Å². The molecule has 1 aliphatic rings. The lowest BCUT2D eigenvalue weighted by atomic mass is 9.94. The van der Waals surface area contributed by atoms with Gasteiger partial charge in [-0.25, -0.2) is 0 Å². The van der Waals surface area contributed by atoms with E-state index in [2.05, 4.69) is 33.7 Å². The first-order chi connectivity index (χ1) is 7.45. The Morgan fingerprint density at radius 3 is 2.76 bits per heavy atom. The highest BCUT2D eigenvalue weighted by atomic mass is 35.5. The van der Waals surface area contributed by atoms with Gasteiger partial charge in [-0.05, 0) is 25.5 Å². The van der Waals surface area contributed by atoms with Crippen LogP contribution in [0.2, 0.25) is 0 Å². The normalized spacial score (nSPS) is 19.4. The highest BCUT2D eigenvalue weighted by Crippen LogP contribution is 2.27. The molecule has 0 radical (unpaired) electrons. The van der Waals surface area contributed by atoms with Crippen LogP contribution in [0.3, 0.4) is 0 Å². The van der Waals surface area contributed by atoms with Crippen LogP contribution in [-0.2, 0) is 0 Å². The van der Waals surface area contributed by atoms with Gasteiger partial charge in [0.05, 0.1) is 5.52 Å². The van der Waals surface area contributed by atoms with E-state index in [4.69, 9.17) is 0 Å². The molecule has 0 aliphatic carbocycles. The summed E-state index contributed by atoms with van der Waals surface area (Å²) >= 11 is 0. The zero-order chi connectivity index (χ0) is 10.1. The Labute approximate surface area is 113 Å². The molecule has 1 atom stereocenters. The van der Waals surface area contributed by atoms with E-state index in [1.165, 1.54) is 23.9 Å². The van der Waals surface area contributed by atoms with E-state index in [1.54, 1.807) is 0 Å². The predicted molar refractivity (Wildman–Crippen MR) is 75.4 cm³/mol. The van der Waals surface area contributed by atoms with E-state index in [0.29, 0.717) is 5.92 Å². The Balaban J connectivity index is 0.000000722. The summed E-state index contributed by atoms with van der Waals surface area (Å²) in [4.78, 5) is 0. The second-order valence-corrected chi connectivity index (χ2v) is 4.20. The van der Waals surface area contributed by atoms with Gasteiger partial charge in [-0.2, -0.15) is 5.10 Å². The number of para-hydroxylation sites is 1. The van der Waals surface area contributed by atoms with E-state index in [-0.39, 0.29) is 24.8 Å². The Morgan fingerprint density at radius 1 is 1.18 bits per heavy atom. The molecule has 1 fully saturated rings. The van der Waals surface area contributed by atoms with Crippen LogP contribution < -0.4 is 5.32 Å². The van der Waals surface area contributed by atoms with Gasteiger partial charge < -0.3 is 5.32 Å². The number of nitrogens with zero attached hydrogens (tertiary/aromatic N) is 1. The largest absolute Gasteiger partial charge is 0.316 e. The SMILES string of the molecule is Cl.Cl.c1ccc2c(C3CCCNC3)[nH]nc2c1. The molecule has 17 heavy (non-hydrogen) atoms. The molecule has 3 rings (SSSR count). The fourth-order valence-corrected chi connectivity index (χ4v) is 2.39. The van der Waals surface area contributed by atoms with E-state index in [9.17, 15) is 0 Å². The second kappa shape index (κ2) is 6.24. The van der Waals surface area contributed by atoms with Crippen molar-refractivity contribution in [2.24, 2.45) is 0 Å². The number of fused-ring (bicyclic) bond motifs is 1. The van der Waals surface area contributed by atoms with Crippen molar-refractivity contribution in [1.29, 1.82) is 0 Å². The fourth-order valence-electron chi connectivity index (χ4n) is 2.39. The van der Waals surface area contributed by atoms with Gasteiger partial charge in [0.25, 0.3) is 0 Å². The summed E-state index contributed by atoms with van der Waals surface area (Å²) in [6.45, 7) is 2.23. The molecule has 2 aromatic rings. The van der Waals surface area contributed by atoms with Crippen LogP contribution in [0.4, 0.5) is 0 Å². The molecule has 0 spiro atoms. The number of rotatable bonds is 1. The van der Waals surface area contributed by atoms with Crippen molar-refractivity contribution in [3.05, 3.63) is 30.0 Å². The monoisotopic (exact) mass is 273 g/mol. The number of nitrogens with one attached hydrogen (secondary N) is 2. The molecule has 0 saturated carbocycles. The van der Waals surface area contributed by atoms with Gasteiger partial charge in [0, 0.05) is 23.5 Å². The van der Waals surface area contributed by atoms with Crippen molar-refractivity contribution in [3.8, 4) is 0 Å². The van der Waals surface area contributed by atoms with Crippen molar-refractivity contribution in [2.75, 3.05) is 13.1 Å². The number of aromatic amines is 1. The van der Waals surface area contributed by atoms with Crippen LogP contribution in [-0.4, -0.2) is 23.3 Å². The lowest BCUT2D eigenvalue weighted by Gasteiger charge is -2.21. The van der Waals surface area contributed by atoms with Crippen molar-refractivity contribution in [3.63, 3.8) is 0 Å². The molecule has 1 unspecified atom stereocenters. The van der Waals surface area contributed by atoms with Crippen molar-refractivity contribution < 1.29 is 0 Å². The Kier molecular flexibility index (Phi) is 5.25. The topological polar surface area (TPSA) is 40.7 Å². The lowest BCUT2D eigenvalue weighted by molar-refractivity contribution is 0.456. The minimum Gasteiger partial charge on any atom is -0.316 e. The summed E-state index contributed by atoms with van der Waals surface area (Å²) < 4.78 is 0. The Bertz CT molecular complexity index is 463. The minimum absolute atomic E-state index is 0. The molecular formula is C12H17Cl2N3. The molecule has 1 aromatic carbocycles. The number of benzene rings is 1. The van der Waals surface area contributed by atoms with Crippen LogP contribution in [0.15, 0.2) is 24.3 Å². The van der Waals surface area contributed by atoms with Crippen molar-refractivity contribution >= 4 is 35.7 Å². The minimum atomic E-state index is 0. The second-order valence-electron chi connectivity index (χ2n) is 4.20. The molecule has 0 bridgehead atoms. The highest BCUT2D eigenvalue weighted by Gasteiger charge is 2.18. The van der Waals surface area contributed by atoms with Crippen LogP contribution in [0, 0.1) is 0 Å². The molecule has 5 heteroatoms. The van der Waals surface area contributed by atoms with Crippen LogP contribution in [0.25, 0.3) is 10.9 Å². The quantitative estimate of drug-likeness (QED) is 0.839. The molecule has 2 heterocycles. The van der Waals surface area contributed by atoms with E-state index >= 15 is 0 Å². The molecule has 2 N–H and O–H groups in total. The van der Waals surface area contributed by atoms with Gasteiger partial charge >= 0.3 is 0 Å². The summed E-state index contributed by atoms with van der Waals surface area (Å²) in [5.41, 5.74) is 2.39. The number of halogens is 2. The third-order valence-electron chi connectivity index (χ3n) is 3.20. The van der Waals surface area contributed by atoms with Crippen molar-refractivity contribution in [1.82, 2.24) is 15.5 Å². The molecule has 1 aliphatic heterocycles. The van der Waals surface area contributed by atoms with Gasteiger partial charge in [0.15, 0.2) is 0 Å². The average molecular weight is 274 g/mol. The molecule has 0 amide bonds. The molecule has 1 saturated heterocycles. The fraction of sp³-hybridized carbons (Fsp3) is 0.417. The maximum absolute atomic E-state index is 4.34. The smallest absolute Gasteiger partial charge is 0.0923 e. The third kappa shape index (κ3) is 2.73. The zero-order valence-electron chi connectivity index (χ0n) is 9.48. The molecular weight excluding hydrogens is 257 g/mol. The number of piperidine rings is 1. The summed E-state index contributed by atoms with van der Waals surface area (Å²) in [7, 11) is 0. The first kappa shape index (κ1) is 14.3. The maximum atomic E-state index is 4.34. The van der Waals surface area contributed by atoms with Crippen LogP contribution >= 0.6 is 24.8 Å². The van der Waals surface area contributed by atoms with Crippen LogP contribution in [0.5, 0.6) is 0 Å². The van der Waals surface area contributed by atoms with Gasteiger partial charge in [0.2, 0.25) is 0 Å². The first-order valence-electron chi connectivity index (χ1n) is 5.59. The number of hydrogen-bond acceptors (Lipinski definition) is 2. The van der Waals surface area contributed by atoms with E-state index < -0.39 is 0 Å². The van der Waals surface area contributed by atoms with E-state index in [1.807, 2.05) is 6.07 Å². The maximum Gasteiger partial charge on any atom is 0.0923 e.